The van der Waals surface area contributed by atoms with E-state index in [0.717, 1.165) is 12.2 Å². The first kappa shape index (κ1) is 22.2. The van der Waals surface area contributed by atoms with Crippen molar-refractivity contribution in [3.05, 3.63) is 57.7 Å². The highest BCUT2D eigenvalue weighted by Crippen LogP contribution is 2.53. The number of methoxy groups -OCH3 is 1. The highest BCUT2D eigenvalue weighted by Gasteiger charge is 2.40. The van der Waals surface area contributed by atoms with Crippen molar-refractivity contribution in [1.29, 1.82) is 0 Å². The van der Waals surface area contributed by atoms with E-state index in [9.17, 15) is 0 Å². The molecule has 0 fully saturated rings. The molecule has 29 heavy (non-hydrogen) atoms. The largest absolute Gasteiger partial charge is 0.496 e. The van der Waals surface area contributed by atoms with Gasteiger partial charge in [0, 0.05) is 16.7 Å². The van der Waals surface area contributed by atoms with Crippen molar-refractivity contribution >= 4 is 24.5 Å². The molecule has 3 heteroatoms. The van der Waals surface area contributed by atoms with Gasteiger partial charge in [-0.1, -0.05) is 87.8 Å². The first-order valence-corrected chi connectivity index (χ1v) is 14.7. The maximum Gasteiger partial charge on any atom is 0.161 e. The number of ether oxygens (including phenoxy) is 1. The standard InChI is InChI=1S/C26H35ClOSi/c1-10-18-14-20-21(25(18)29(8,9)27)15-22(26(4,5)6)24(28-7)23(20)19-12-16(2)11-17(3)13-19/h11-15,25H,10H2,1-9H3. The monoisotopic (exact) mass is 426 g/mol. The number of allylic oxidation sites excluding steroid dienone is 1. The van der Waals surface area contributed by atoms with Crippen LogP contribution in [-0.2, 0) is 5.41 Å². The molecule has 0 saturated carbocycles. The number of halogens is 1. The Morgan fingerprint density at radius 1 is 1.03 bits per heavy atom. The van der Waals surface area contributed by atoms with E-state index in [2.05, 4.69) is 85.0 Å². The maximum absolute atomic E-state index is 7.10. The quantitative estimate of drug-likeness (QED) is 0.354. The Kier molecular flexibility index (Phi) is 5.84. The van der Waals surface area contributed by atoms with E-state index in [1.54, 1.807) is 7.11 Å². The van der Waals surface area contributed by atoms with Gasteiger partial charge in [-0.15, -0.1) is 0 Å². The Balaban J connectivity index is 2.47. The minimum Gasteiger partial charge on any atom is -0.496 e. The predicted molar refractivity (Wildman–Crippen MR) is 131 cm³/mol. The number of hydrogen-bond donors (Lipinski definition) is 0. The normalized spacial score (nSPS) is 16.6. The van der Waals surface area contributed by atoms with Crippen LogP contribution in [0.15, 0.2) is 29.8 Å². The van der Waals surface area contributed by atoms with E-state index in [4.69, 9.17) is 15.8 Å². The fourth-order valence-electron chi connectivity index (χ4n) is 4.85. The van der Waals surface area contributed by atoms with Crippen molar-refractivity contribution in [2.75, 3.05) is 7.11 Å². The van der Waals surface area contributed by atoms with E-state index in [1.165, 1.54) is 44.5 Å². The van der Waals surface area contributed by atoms with E-state index in [-0.39, 0.29) is 5.41 Å². The molecule has 0 spiro atoms. The zero-order valence-electron chi connectivity index (χ0n) is 19.5. The van der Waals surface area contributed by atoms with Gasteiger partial charge in [-0.25, -0.2) is 0 Å². The second-order valence-corrected chi connectivity index (χ2v) is 16.7. The third-order valence-corrected chi connectivity index (χ3v) is 8.69. The van der Waals surface area contributed by atoms with Gasteiger partial charge in [0.05, 0.1) is 7.11 Å². The van der Waals surface area contributed by atoms with Crippen molar-refractivity contribution in [1.82, 2.24) is 0 Å². The first-order chi connectivity index (χ1) is 13.4. The predicted octanol–water partition coefficient (Wildman–Crippen LogP) is 8.15. The summed E-state index contributed by atoms with van der Waals surface area (Å²) in [6.45, 7) is 17.9. The minimum absolute atomic E-state index is 0.0223. The van der Waals surface area contributed by atoms with Crippen LogP contribution in [0.25, 0.3) is 17.2 Å². The SMILES string of the molecule is CCC1=Cc2c(cc(C(C)(C)C)c(OC)c2-c2cc(C)cc(C)c2)C1[Si](C)(C)Cl. The summed E-state index contributed by atoms with van der Waals surface area (Å²) in [5.74, 6) is 1.00. The van der Waals surface area contributed by atoms with E-state index < -0.39 is 7.38 Å². The summed E-state index contributed by atoms with van der Waals surface area (Å²) in [5, 5.41) is 0. The van der Waals surface area contributed by atoms with Gasteiger partial charge in [0.15, 0.2) is 7.38 Å². The van der Waals surface area contributed by atoms with Crippen LogP contribution in [0.2, 0.25) is 13.1 Å². The van der Waals surface area contributed by atoms with E-state index >= 15 is 0 Å². The van der Waals surface area contributed by atoms with Gasteiger partial charge in [-0.05, 0) is 42.4 Å². The van der Waals surface area contributed by atoms with Crippen molar-refractivity contribution in [3.63, 3.8) is 0 Å². The third-order valence-electron chi connectivity index (χ3n) is 5.98. The summed E-state index contributed by atoms with van der Waals surface area (Å²) >= 11 is 7.10. The molecular weight excluding hydrogens is 392 g/mol. The van der Waals surface area contributed by atoms with Gasteiger partial charge in [-0.2, -0.15) is 11.1 Å². The number of benzene rings is 2. The lowest BCUT2D eigenvalue weighted by Gasteiger charge is -2.30. The first-order valence-electron chi connectivity index (χ1n) is 10.6. The third kappa shape index (κ3) is 4.07. The lowest BCUT2D eigenvalue weighted by molar-refractivity contribution is 0.399. The summed E-state index contributed by atoms with van der Waals surface area (Å²) in [5.41, 5.74) is 10.8. The molecule has 0 heterocycles. The Bertz CT molecular complexity index is 953. The lowest BCUT2D eigenvalue weighted by Crippen LogP contribution is -2.29. The number of hydrogen-bond acceptors (Lipinski definition) is 1. The Morgan fingerprint density at radius 3 is 2.07 bits per heavy atom. The van der Waals surface area contributed by atoms with Crippen LogP contribution in [-0.4, -0.2) is 14.5 Å². The molecule has 1 aliphatic rings. The smallest absolute Gasteiger partial charge is 0.161 e. The highest BCUT2D eigenvalue weighted by molar-refractivity contribution is 7.20. The van der Waals surface area contributed by atoms with Crippen LogP contribution in [0.4, 0.5) is 0 Å². The van der Waals surface area contributed by atoms with Gasteiger partial charge in [-0.3, -0.25) is 0 Å². The molecule has 1 aliphatic carbocycles. The fraction of sp³-hybridized carbons (Fsp3) is 0.462. The zero-order valence-corrected chi connectivity index (χ0v) is 21.2. The molecule has 0 aliphatic heterocycles. The van der Waals surface area contributed by atoms with Gasteiger partial charge < -0.3 is 4.74 Å². The van der Waals surface area contributed by atoms with Crippen molar-refractivity contribution in [2.24, 2.45) is 0 Å². The topological polar surface area (TPSA) is 9.23 Å². The van der Waals surface area contributed by atoms with Crippen LogP contribution >= 0.6 is 11.1 Å². The van der Waals surface area contributed by atoms with Crippen molar-refractivity contribution in [3.8, 4) is 16.9 Å². The summed E-state index contributed by atoms with van der Waals surface area (Å²) in [6, 6.07) is 9.19. The van der Waals surface area contributed by atoms with Gasteiger partial charge in [0.2, 0.25) is 0 Å². The molecule has 1 nitrogen and oxygen atoms in total. The maximum atomic E-state index is 7.10. The van der Waals surface area contributed by atoms with Gasteiger partial charge >= 0.3 is 0 Å². The molecule has 0 amide bonds. The van der Waals surface area contributed by atoms with Crippen LogP contribution in [0, 0.1) is 13.8 Å². The molecule has 2 aromatic rings. The summed E-state index contributed by atoms with van der Waals surface area (Å²) in [6.07, 6.45) is 3.43. The molecule has 0 N–H and O–H groups in total. The minimum atomic E-state index is -1.95. The average molecular weight is 427 g/mol. The number of aryl methyl sites for hydroxylation is 2. The van der Waals surface area contributed by atoms with Gasteiger partial charge in [0.1, 0.15) is 5.75 Å². The summed E-state index contributed by atoms with van der Waals surface area (Å²) in [7, 11) is -0.146. The van der Waals surface area contributed by atoms with Crippen LogP contribution < -0.4 is 4.74 Å². The molecule has 156 valence electrons. The molecular formula is C26H35ClOSi. The lowest BCUT2D eigenvalue weighted by atomic mass is 9.81. The van der Waals surface area contributed by atoms with Crippen molar-refractivity contribution in [2.45, 2.75) is 72.0 Å². The molecule has 3 rings (SSSR count). The van der Waals surface area contributed by atoms with Gasteiger partial charge in [0.25, 0.3) is 0 Å². The Morgan fingerprint density at radius 2 is 1.62 bits per heavy atom. The number of fused-ring (bicyclic) bond motifs is 1. The molecule has 0 bridgehead atoms. The molecule has 0 radical (unpaired) electrons. The zero-order chi connectivity index (χ0) is 21.7. The summed E-state index contributed by atoms with van der Waals surface area (Å²) < 4.78 is 6.10. The average Bonchev–Trinajstić information content (AvgIpc) is 2.96. The van der Waals surface area contributed by atoms with Crippen LogP contribution in [0.5, 0.6) is 5.75 Å². The molecule has 1 unspecified atom stereocenters. The van der Waals surface area contributed by atoms with E-state index in [1.807, 2.05) is 0 Å². The van der Waals surface area contributed by atoms with Crippen LogP contribution in [0.1, 0.15) is 67.5 Å². The second kappa shape index (κ2) is 7.63. The Labute approximate surface area is 182 Å². The van der Waals surface area contributed by atoms with E-state index in [0.29, 0.717) is 5.54 Å². The van der Waals surface area contributed by atoms with Crippen molar-refractivity contribution < 1.29 is 4.74 Å². The van der Waals surface area contributed by atoms with Crippen LogP contribution in [0.3, 0.4) is 0 Å². The fourth-order valence-corrected chi connectivity index (χ4v) is 7.78. The number of rotatable bonds is 4. The second-order valence-electron chi connectivity index (χ2n) is 10.0. The molecule has 2 aromatic carbocycles. The summed E-state index contributed by atoms with van der Waals surface area (Å²) in [4.78, 5) is 0. The molecule has 0 aromatic heterocycles. The molecule has 1 atom stereocenters. The Hall–Kier alpha value is -1.51. The molecule has 0 saturated heterocycles. The highest BCUT2D eigenvalue weighted by atomic mass is 35.6.